The summed E-state index contributed by atoms with van der Waals surface area (Å²) in [4.78, 5) is 19.3. The predicted molar refractivity (Wildman–Crippen MR) is 62.0 cm³/mol. The Bertz CT molecular complexity index is 517. The SMILES string of the molecule is O=C(CCl)NNc1cnc2ccccc2n1. The molecule has 5 nitrogen and oxygen atoms in total. The number of fused-ring (bicyclic) bond motifs is 1. The number of aromatic nitrogens is 2. The van der Waals surface area contributed by atoms with Gasteiger partial charge in [-0.2, -0.15) is 0 Å². The highest BCUT2D eigenvalue weighted by Gasteiger charge is 2.00. The van der Waals surface area contributed by atoms with Crippen LogP contribution in [0.5, 0.6) is 0 Å². The van der Waals surface area contributed by atoms with Crippen LogP contribution in [0.1, 0.15) is 0 Å². The number of carbonyl (C=O) groups excluding carboxylic acids is 1. The number of rotatable bonds is 3. The second-order valence-corrected chi connectivity index (χ2v) is 3.32. The fraction of sp³-hybridized carbons (Fsp3) is 0.100. The first-order chi connectivity index (χ1) is 7.79. The van der Waals surface area contributed by atoms with Gasteiger partial charge in [-0.3, -0.25) is 20.6 Å². The number of benzene rings is 1. The van der Waals surface area contributed by atoms with Crippen LogP contribution < -0.4 is 10.9 Å². The van der Waals surface area contributed by atoms with Crippen molar-refractivity contribution in [2.24, 2.45) is 0 Å². The van der Waals surface area contributed by atoms with Crippen LogP contribution in [-0.4, -0.2) is 21.8 Å². The van der Waals surface area contributed by atoms with Crippen LogP contribution in [0.15, 0.2) is 30.5 Å². The molecule has 0 saturated heterocycles. The normalized spacial score (nSPS) is 10.1. The lowest BCUT2D eigenvalue weighted by Gasteiger charge is -2.06. The molecule has 0 aliphatic carbocycles. The number of halogens is 1. The number of nitrogens with zero attached hydrogens (tertiary/aromatic N) is 2. The highest BCUT2D eigenvalue weighted by atomic mass is 35.5. The Morgan fingerprint density at radius 3 is 2.81 bits per heavy atom. The summed E-state index contributed by atoms with van der Waals surface area (Å²) < 4.78 is 0. The molecule has 1 amide bonds. The van der Waals surface area contributed by atoms with Gasteiger partial charge < -0.3 is 0 Å². The minimum atomic E-state index is -0.323. The maximum absolute atomic E-state index is 10.9. The molecule has 0 aliphatic heterocycles. The monoisotopic (exact) mass is 236 g/mol. The molecule has 0 radical (unpaired) electrons. The van der Waals surface area contributed by atoms with E-state index in [1.165, 1.54) is 6.20 Å². The van der Waals surface area contributed by atoms with Gasteiger partial charge in [-0.1, -0.05) is 12.1 Å². The molecule has 0 bridgehead atoms. The van der Waals surface area contributed by atoms with Gasteiger partial charge in [0.25, 0.3) is 5.91 Å². The van der Waals surface area contributed by atoms with E-state index in [0.717, 1.165) is 11.0 Å². The zero-order valence-corrected chi connectivity index (χ0v) is 9.03. The van der Waals surface area contributed by atoms with Crippen LogP contribution in [0.3, 0.4) is 0 Å². The second kappa shape index (κ2) is 4.76. The van der Waals surface area contributed by atoms with E-state index < -0.39 is 0 Å². The molecular weight excluding hydrogens is 228 g/mol. The summed E-state index contributed by atoms with van der Waals surface area (Å²) in [6.45, 7) is 0. The fourth-order valence-corrected chi connectivity index (χ4v) is 1.25. The largest absolute Gasteiger partial charge is 0.281 e. The molecule has 2 aromatic rings. The number of hydrazine groups is 1. The number of hydrogen-bond acceptors (Lipinski definition) is 4. The van der Waals surface area contributed by atoms with Gasteiger partial charge in [-0.05, 0) is 12.1 Å². The number of nitrogens with one attached hydrogen (secondary N) is 2. The van der Waals surface area contributed by atoms with Crippen LogP contribution in [0.4, 0.5) is 5.82 Å². The zero-order chi connectivity index (χ0) is 11.4. The highest BCUT2D eigenvalue weighted by Crippen LogP contribution is 2.10. The van der Waals surface area contributed by atoms with Crippen molar-refractivity contribution in [2.75, 3.05) is 11.3 Å². The molecule has 0 fully saturated rings. The smallest absolute Gasteiger partial charge is 0.253 e. The van der Waals surface area contributed by atoms with Crippen LogP contribution in [0.25, 0.3) is 11.0 Å². The quantitative estimate of drug-likeness (QED) is 0.623. The van der Waals surface area contributed by atoms with E-state index in [-0.39, 0.29) is 11.8 Å². The molecule has 0 saturated carbocycles. The van der Waals surface area contributed by atoms with Crippen LogP contribution in [0, 0.1) is 0 Å². The van der Waals surface area contributed by atoms with Gasteiger partial charge in [0, 0.05) is 0 Å². The van der Waals surface area contributed by atoms with E-state index in [2.05, 4.69) is 20.8 Å². The molecule has 1 aromatic heterocycles. The fourth-order valence-electron chi connectivity index (χ4n) is 1.18. The van der Waals surface area contributed by atoms with Crippen LogP contribution in [0.2, 0.25) is 0 Å². The second-order valence-electron chi connectivity index (χ2n) is 3.05. The molecule has 6 heteroatoms. The summed E-state index contributed by atoms with van der Waals surface area (Å²) in [6.07, 6.45) is 1.54. The third kappa shape index (κ3) is 2.38. The molecule has 0 spiro atoms. The molecule has 82 valence electrons. The van der Waals surface area contributed by atoms with Crippen LogP contribution >= 0.6 is 11.6 Å². The lowest BCUT2D eigenvalue weighted by molar-refractivity contribution is -0.118. The first-order valence-corrected chi connectivity index (χ1v) is 5.15. The Morgan fingerprint density at radius 2 is 2.06 bits per heavy atom. The lowest BCUT2D eigenvalue weighted by Crippen LogP contribution is -2.30. The molecule has 1 heterocycles. The number of amides is 1. The average molecular weight is 237 g/mol. The van der Waals surface area contributed by atoms with Crippen molar-refractivity contribution in [1.82, 2.24) is 15.4 Å². The van der Waals surface area contributed by atoms with Gasteiger partial charge in [-0.15, -0.1) is 11.6 Å². The number of hydrogen-bond donors (Lipinski definition) is 2. The summed E-state index contributed by atoms with van der Waals surface area (Å²) in [7, 11) is 0. The molecule has 16 heavy (non-hydrogen) atoms. The molecule has 0 atom stereocenters. The Kier molecular flexibility index (Phi) is 3.16. The van der Waals surface area contributed by atoms with E-state index in [0.29, 0.717) is 5.82 Å². The minimum Gasteiger partial charge on any atom is -0.281 e. The summed E-state index contributed by atoms with van der Waals surface area (Å²) in [5.41, 5.74) is 6.58. The van der Waals surface area contributed by atoms with Gasteiger partial charge in [0.15, 0.2) is 5.82 Å². The van der Waals surface area contributed by atoms with Gasteiger partial charge in [-0.25, -0.2) is 4.98 Å². The van der Waals surface area contributed by atoms with Gasteiger partial charge in [0.1, 0.15) is 5.88 Å². The van der Waals surface area contributed by atoms with E-state index >= 15 is 0 Å². The van der Waals surface area contributed by atoms with E-state index in [1.54, 1.807) is 0 Å². The van der Waals surface area contributed by atoms with Gasteiger partial charge in [0.05, 0.1) is 17.2 Å². The van der Waals surface area contributed by atoms with Crippen molar-refractivity contribution in [3.8, 4) is 0 Å². The predicted octanol–water partition coefficient (Wildman–Crippen LogP) is 1.31. The van der Waals surface area contributed by atoms with Gasteiger partial charge >= 0.3 is 0 Å². The maximum Gasteiger partial charge on any atom is 0.253 e. The van der Waals surface area contributed by atoms with E-state index in [1.807, 2.05) is 24.3 Å². The highest BCUT2D eigenvalue weighted by molar-refractivity contribution is 6.27. The summed E-state index contributed by atoms with van der Waals surface area (Å²) in [5, 5.41) is 0. The molecule has 1 aromatic carbocycles. The van der Waals surface area contributed by atoms with Crippen molar-refractivity contribution in [2.45, 2.75) is 0 Å². The number of para-hydroxylation sites is 2. The Hall–Kier alpha value is -1.88. The van der Waals surface area contributed by atoms with Crippen molar-refractivity contribution in [3.63, 3.8) is 0 Å². The van der Waals surface area contributed by atoms with Crippen LogP contribution in [-0.2, 0) is 4.79 Å². The molecule has 0 unspecified atom stereocenters. The first kappa shape index (κ1) is 10.6. The molecule has 2 rings (SSSR count). The minimum absolute atomic E-state index is 0.103. The molecular formula is C10H9ClN4O. The topological polar surface area (TPSA) is 66.9 Å². The van der Waals surface area contributed by atoms with Crippen molar-refractivity contribution in [3.05, 3.63) is 30.5 Å². The van der Waals surface area contributed by atoms with Crippen molar-refractivity contribution >= 4 is 34.4 Å². The third-order valence-electron chi connectivity index (χ3n) is 1.90. The average Bonchev–Trinajstić information content (AvgIpc) is 2.35. The summed E-state index contributed by atoms with van der Waals surface area (Å²) in [6, 6.07) is 7.47. The van der Waals surface area contributed by atoms with Gasteiger partial charge in [0.2, 0.25) is 0 Å². The van der Waals surface area contributed by atoms with Crippen molar-refractivity contribution < 1.29 is 4.79 Å². The Morgan fingerprint density at radius 1 is 1.31 bits per heavy atom. The van der Waals surface area contributed by atoms with E-state index in [9.17, 15) is 4.79 Å². The number of alkyl halides is 1. The van der Waals surface area contributed by atoms with E-state index in [4.69, 9.17) is 11.6 Å². The standard InChI is InChI=1S/C10H9ClN4O/c11-5-10(16)15-14-9-6-12-7-3-1-2-4-8(7)13-9/h1-4,6H,5H2,(H,13,14)(H,15,16). The maximum atomic E-state index is 10.9. The molecule has 2 N–H and O–H groups in total. The van der Waals surface area contributed by atoms with Crippen molar-refractivity contribution in [1.29, 1.82) is 0 Å². The lowest BCUT2D eigenvalue weighted by atomic mass is 10.3. The summed E-state index contributed by atoms with van der Waals surface area (Å²) in [5.74, 6) is 0.0439. The molecule has 0 aliphatic rings. The first-order valence-electron chi connectivity index (χ1n) is 4.62. The Balaban J connectivity index is 2.16. The Labute approximate surface area is 96.8 Å². The summed E-state index contributed by atoms with van der Waals surface area (Å²) >= 11 is 5.33. The number of anilines is 1. The number of carbonyl (C=O) groups is 1. The zero-order valence-electron chi connectivity index (χ0n) is 8.27. The third-order valence-corrected chi connectivity index (χ3v) is 2.14.